The second-order valence-corrected chi connectivity index (χ2v) is 8.27. The first-order chi connectivity index (χ1) is 16.6. The summed E-state index contributed by atoms with van der Waals surface area (Å²) in [4.78, 5) is 20.1. The molecule has 1 amide bonds. The molecule has 1 aromatic carbocycles. The topological polar surface area (TPSA) is 74.5 Å². The van der Waals surface area contributed by atoms with Crippen LogP contribution in [0.5, 0.6) is 0 Å². The van der Waals surface area contributed by atoms with Gasteiger partial charge < -0.3 is 19.6 Å². The maximum Gasteiger partial charge on any atom is 0.471 e. The zero-order valence-electron chi connectivity index (χ0n) is 19.9. The number of amides is 1. The first-order valence-electron chi connectivity index (χ1n) is 11.4. The molecule has 11 heteroatoms. The van der Waals surface area contributed by atoms with Crippen molar-refractivity contribution in [3.05, 3.63) is 59.4 Å². The molecule has 7 nitrogen and oxygen atoms in total. The van der Waals surface area contributed by atoms with E-state index in [1.807, 2.05) is 14.0 Å². The van der Waals surface area contributed by atoms with Crippen molar-refractivity contribution in [1.82, 2.24) is 25.3 Å². The summed E-state index contributed by atoms with van der Waals surface area (Å²) >= 11 is 0. The van der Waals surface area contributed by atoms with Crippen molar-refractivity contribution < 1.29 is 26.9 Å². The maximum absolute atomic E-state index is 14.0. The average Bonchev–Trinajstić information content (AvgIpc) is 3.36. The van der Waals surface area contributed by atoms with Gasteiger partial charge in [-0.3, -0.25) is 4.79 Å². The molecule has 1 saturated heterocycles. The molecule has 0 unspecified atom stereocenters. The van der Waals surface area contributed by atoms with Crippen molar-refractivity contribution in [1.29, 1.82) is 0 Å². The smallest absolute Gasteiger partial charge is 0.369 e. The number of rotatable bonds is 8. The van der Waals surface area contributed by atoms with Crippen molar-refractivity contribution in [2.45, 2.75) is 38.9 Å². The van der Waals surface area contributed by atoms with Crippen LogP contribution in [0.15, 0.2) is 52.5 Å². The number of alkyl halides is 3. The summed E-state index contributed by atoms with van der Waals surface area (Å²) in [5.41, 5.74) is 1.15. The van der Waals surface area contributed by atoms with E-state index in [0.29, 0.717) is 24.8 Å². The van der Waals surface area contributed by atoms with Crippen LogP contribution in [0.2, 0.25) is 0 Å². The molecule has 35 heavy (non-hydrogen) atoms. The molecule has 0 radical (unpaired) electrons. The predicted molar refractivity (Wildman–Crippen MR) is 123 cm³/mol. The van der Waals surface area contributed by atoms with E-state index >= 15 is 0 Å². The van der Waals surface area contributed by atoms with Crippen molar-refractivity contribution in [2.24, 2.45) is 0 Å². The summed E-state index contributed by atoms with van der Waals surface area (Å²) in [6.07, 6.45) is 0.281. The highest BCUT2D eigenvalue weighted by atomic mass is 19.4. The monoisotopic (exact) mass is 495 g/mol. The summed E-state index contributed by atoms with van der Waals surface area (Å²) in [7, 11) is 1.99. The van der Waals surface area contributed by atoms with Crippen LogP contribution in [0.25, 0.3) is 11.4 Å². The molecule has 0 spiro atoms. The van der Waals surface area contributed by atoms with Crippen LogP contribution >= 0.6 is 0 Å². The van der Waals surface area contributed by atoms with E-state index in [0.717, 1.165) is 25.9 Å². The summed E-state index contributed by atoms with van der Waals surface area (Å²) in [5.74, 6) is -2.25. The number of hydrogen-bond donors (Lipinski definition) is 1. The summed E-state index contributed by atoms with van der Waals surface area (Å²) in [5, 5.41) is 6.19. The molecule has 0 atom stereocenters. The third-order valence-corrected chi connectivity index (χ3v) is 6.00. The number of hydrogen-bond acceptors (Lipinski definition) is 6. The van der Waals surface area contributed by atoms with Gasteiger partial charge in [-0.2, -0.15) is 18.2 Å². The van der Waals surface area contributed by atoms with Crippen LogP contribution < -0.4 is 5.32 Å². The molecule has 1 aliphatic heterocycles. The number of carbonyl (C=O) groups excluding carboxylic acids is 1. The second kappa shape index (κ2) is 11.5. The summed E-state index contributed by atoms with van der Waals surface area (Å²) < 4.78 is 56.4. The lowest BCUT2D eigenvalue weighted by molar-refractivity contribution is -0.159. The lowest BCUT2D eigenvalue weighted by atomic mass is 10.0. The van der Waals surface area contributed by atoms with Crippen LogP contribution in [0.3, 0.4) is 0 Å². The number of aromatic nitrogens is 2. The molecule has 1 aliphatic rings. The zero-order chi connectivity index (χ0) is 25.6. The molecular weight excluding hydrogens is 466 g/mol. The number of benzene rings is 1. The number of piperidine rings is 1. The van der Waals surface area contributed by atoms with Crippen molar-refractivity contribution in [2.75, 3.05) is 33.2 Å². The molecule has 2 heterocycles. The molecule has 1 N–H and O–H groups in total. The van der Waals surface area contributed by atoms with Gasteiger partial charge in [0.1, 0.15) is 5.83 Å². The first kappa shape index (κ1) is 26.4. The quantitative estimate of drug-likeness (QED) is 0.424. The number of nitrogens with one attached hydrogen (secondary N) is 1. The Balaban J connectivity index is 1.49. The third kappa shape index (κ3) is 6.68. The average molecular weight is 496 g/mol. The van der Waals surface area contributed by atoms with Crippen molar-refractivity contribution in [3.63, 3.8) is 0 Å². The Bertz CT molecular complexity index is 1070. The van der Waals surface area contributed by atoms with E-state index in [9.17, 15) is 22.4 Å². The van der Waals surface area contributed by atoms with Crippen LogP contribution in [-0.2, 0) is 6.18 Å². The van der Waals surface area contributed by atoms with Gasteiger partial charge in [-0.25, -0.2) is 4.39 Å². The van der Waals surface area contributed by atoms with Crippen molar-refractivity contribution in [3.8, 4) is 11.4 Å². The third-order valence-electron chi connectivity index (χ3n) is 6.00. The number of likely N-dealkylation sites (tertiary alicyclic amines) is 1. The molecule has 3 rings (SSSR count). The lowest BCUT2D eigenvalue weighted by Crippen LogP contribution is -2.45. The first-order valence-corrected chi connectivity index (χ1v) is 11.4. The Morgan fingerprint density at radius 1 is 1.26 bits per heavy atom. The maximum atomic E-state index is 14.0. The Morgan fingerprint density at radius 3 is 2.57 bits per heavy atom. The van der Waals surface area contributed by atoms with Gasteiger partial charge in [0.05, 0.1) is 5.70 Å². The molecule has 0 bridgehead atoms. The molecule has 190 valence electrons. The minimum atomic E-state index is -4.74. The largest absolute Gasteiger partial charge is 0.471 e. The van der Waals surface area contributed by atoms with Gasteiger partial charge in [0.15, 0.2) is 0 Å². The fraction of sp³-hybridized carbons (Fsp3) is 0.458. The fourth-order valence-electron chi connectivity index (χ4n) is 4.05. The number of halogens is 4. The van der Waals surface area contributed by atoms with Gasteiger partial charge in [0.2, 0.25) is 5.82 Å². The van der Waals surface area contributed by atoms with E-state index < -0.39 is 12.1 Å². The Kier molecular flexibility index (Phi) is 8.66. The van der Waals surface area contributed by atoms with Crippen LogP contribution in [0.4, 0.5) is 17.6 Å². The summed E-state index contributed by atoms with van der Waals surface area (Å²) in [6.45, 7) is 6.03. The normalized spacial score (nSPS) is 16.2. The zero-order valence-corrected chi connectivity index (χ0v) is 19.9. The standard InChI is InChI=1S/C24H29F4N5O2/c1-4-19(25)20(5-2)33-12-9-18(10-13-33)32(3)14-11-29-22(34)17-8-6-7-16(15-17)21-30-23(35-31-21)24(26,27)28/h4-8,15,18H,9-14H2,1-3H3,(H,29,34)/b19-4+,20-5+. The van der Waals surface area contributed by atoms with Crippen LogP contribution in [0.1, 0.15) is 42.9 Å². The molecule has 2 aromatic rings. The highest BCUT2D eigenvalue weighted by molar-refractivity contribution is 5.95. The predicted octanol–water partition coefficient (Wildman–Crippen LogP) is 4.66. The van der Waals surface area contributed by atoms with E-state index in [4.69, 9.17) is 0 Å². The second-order valence-electron chi connectivity index (χ2n) is 8.27. The van der Waals surface area contributed by atoms with Gasteiger partial charge in [-0.15, -0.1) is 0 Å². The molecule has 1 aromatic heterocycles. The van der Waals surface area contributed by atoms with E-state index in [1.54, 1.807) is 25.1 Å². The van der Waals surface area contributed by atoms with Gasteiger partial charge >= 0.3 is 12.1 Å². The molecule has 1 fully saturated rings. The Hall–Kier alpha value is -3.21. The summed E-state index contributed by atoms with van der Waals surface area (Å²) in [6, 6.07) is 6.35. The lowest BCUT2D eigenvalue weighted by Gasteiger charge is -2.38. The van der Waals surface area contributed by atoms with Crippen LogP contribution in [0, 0.1) is 0 Å². The molecule has 0 saturated carbocycles. The van der Waals surface area contributed by atoms with Gasteiger partial charge in [0, 0.05) is 43.3 Å². The Labute approximate surface area is 201 Å². The highest BCUT2D eigenvalue weighted by Crippen LogP contribution is 2.29. The van der Waals surface area contributed by atoms with Gasteiger partial charge in [-0.05, 0) is 51.9 Å². The van der Waals surface area contributed by atoms with E-state index in [-0.39, 0.29) is 28.7 Å². The van der Waals surface area contributed by atoms with Gasteiger partial charge in [-0.1, -0.05) is 23.4 Å². The van der Waals surface area contributed by atoms with Crippen molar-refractivity contribution >= 4 is 5.91 Å². The molecule has 0 aliphatic carbocycles. The molecular formula is C24H29F4N5O2. The van der Waals surface area contributed by atoms with E-state index in [2.05, 4.69) is 29.8 Å². The van der Waals surface area contributed by atoms with Gasteiger partial charge in [0.25, 0.3) is 5.91 Å². The fourth-order valence-corrected chi connectivity index (χ4v) is 4.05. The van der Waals surface area contributed by atoms with E-state index in [1.165, 1.54) is 18.2 Å². The van der Waals surface area contributed by atoms with Crippen LogP contribution in [-0.4, -0.2) is 65.1 Å². The SMILES string of the molecule is C/C=C(F)\C(=C/C)N1CCC(N(C)CCNC(=O)c2cccc(-c3noc(C(F)(F)F)n3)c2)CC1. The Morgan fingerprint density at radius 2 is 1.97 bits per heavy atom. The minimum absolute atomic E-state index is 0.216. The number of carbonyl (C=O) groups is 1. The number of allylic oxidation sites excluding steroid dienone is 3. The minimum Gasteiger partial charge on any atom is -0.369 e. The highest BCUT2D eigenvalue weighted by Gasteiger charge is 2.38. The number of nitrogens with zero attached hydrogens (tertiary/aromatic N) is 4. The number of likely N-dealkylation sites (N-methyl/N-ethyl adjacent to an activating group) is 1.